The molecule has 3 unspecified atom stereocenters. The van der Waals surface area contributed by atoms with E-state index in [0.717, 1.165) is 5.92 Å². The number of carbonyl (C=O) groups is 1. The molecule has 2 aliphatic rings. The SMILES string of the molecule is C=C(C)C(=O)OC(C(C)C)C1C=C2CCC(C2)C1. The van der Waals surface area contributed by atoms with Gasteiger partial charge in [-0.15, -0.1) is 0 Å². The van der Waals surface area contributed by atoms with E-state index in [1.54, 1.807) is 12.5 Å². The number of esters is 1. The molecule has 0 aromatic carbocycles. The van der Waals surface area contributed by atoms with Crippen LogP contribution in [0, 0.1) is 17.8 Å². The molecule has 100 valence electrons. The zero-order chi connectivity index (χ0) is 13.3. The van der Waals surface area contributed by atoms with Crippen LogP contribution in [0.3, 0.4) is 0 Å². The first-order chi connectivity index (χ1) is 8.47. The molecule has 2 aliphatic carbocycles. The van der Waals surface area contributed by atoms with Crippen LogP contribution in [0.25, 0.3) is 0 Å². The maximum Gasteiger partial charge on any atom is 0.333 e. The quantitative estimate of drug-likeness (QED) is 0.429. The molecule has 2 nitrogen and oxygen atoms in total. The van der Waals surface area contributed by atoms with Gasteiger partial charge in [0.05, 0.1) is 0 Å². The second kappa shape index (κ2) is 5.29. The fraction of sp³-hybridized carbons (Fsp3) is 0.688. The van der Waals surface area contributed by atoms with Crippen molar-refractivity contribution in [1.29, 1.82) is 0 Å². The van der Waals surface area contributed by atoms with Gasteiger partial charge in [-0.25, -0.2) is 4.79 Å². The summed E-state index contributed by atoms with van der Waals surface area (Å²) in [6.45, 7) is 9.64. The lowest BCUT2D eigenvalue weighted by atomic mass is 9.81. The van der Waals surface area contributed by atoms with Crippen LogP contribution in [-0.2, 0) is 9.53 Å². The highest BCUT2D eigenvalue weighted by atomic mass is 16.5. The minimum absolute atomic E-state index is 0.00472. The Morgan fingerprint density at radius 1 is 1.50 bits per heavy atom. The number of allylic oxidation sites excluding steroid dienone is 1. The summed E-state index contributed by atoms with van der Waals surface area (Å²) in [5.41, 5.74) is 2.07. The first-order valence-corrected chi connectivity index (χ1v) is 7.03. The summed E-state index contributed by atoms with van der Waals surface area (Å²) in [5.74, 6) is 1.34. The smallest absolute Gasteiger partial charge is 0.333 e. The van der Waals surface area contributed by atoms with Gasteiger partial charge in [0, 0.05) is 11.5 Å². The number of carbonyl (C=O) groups excluding carboxylic acids is 1. The number of fused-ring (bicyclic) bond motifs is 2. The summed E-state index contributed by atoms with van der Waals surface area (Å²) in [6, 6.07) is 0. The molecule has 3 atom stereocenters. The van der Waals surface area contributed by atoms with E-state index in [1.165, 1.54) is 25.7 Å². The van der Waals surface area contributed by atoms with Crippen LogP contribution >= 0.6 is 0 Å². The van der Waals surface area contributed by atoms with Crippen molar-refractivity contribution in [3.8, 4) is 0 Å². The molecule has 1 saturated carbocycles. The predicted octanol–water partition coefficient (Wildman–Crippen LogP) is 3.88. The van der Waals surface area contributed by atoms with E-state index in [2.05, 4.69) is 26.5 Å². The maximum atomic E-state index is 11.7. The molecule has 0 amide bonds. The molecule has 0 N–H and O–H groups in total. The fourth-order valence-corrected chi connectivity index (χ4v) is 3.24. The van der Waals surface area contributed by atoms with E-state index in [0.29, 0.717) is 17.4 Å². The number of hydrogen-bond acceptors (Lipinski definition) is 2. The molecule has 2 heteroatoms. The van der Waals surface area contributed by atoms with Crippen molar-refractivity contribution in [2.75, 3.05) is 0 Å². The van der Waals surface area contributed by atoms with Gasteiger partial charge in [-0.2, -0.15) is 0 Å². The van der Waals surface area contributed by atoms with E-state index in [1.807, 2.05) is 0 Å². The van der Waals surface area contributed by atoms with Crippen LogP contribution in [0.4, 0.5) is 0 Å². The fourth-order valence-electron chi connectivity index (χ4n) is 3.24. The first kappa shape index (κ1) is 13.4. The third-order valence-corrected chi connectivity index (χ3v) is 4.15. The normalized spacial score (nSPS) is 27.9. The minimum Gasteiger partial charge on any atom is -0.458 e. The zero-order valence-corrected chi connectivity index (χ0v) is 11.7. The molecule has 0 heterocycles. The van der Waals surface area contributed by atoms with Crippen molar-refractivity contribution in [3.63, 3.8) is 0 Å². The molecule has 0 aromatic heterocycles. The van der Waals surface area contributed by atoms with Crippen molar-refractivity contribution in [2.45, 2.75) is 52.6 Å². The lowest BCUT2D eigenvalue weighted by Crippen LogP contribution is -2.33. The number of ether oxygens (including phenoxy) is 1. The summed E-state index contributed by atoms with van der Waals surface area (Å²) in [4.78, 5) is 11.7. The average molecular weight is 248 g/mol. The second-order valence-electron chi connectivity index (χ2n) is 6.23. The second-order valence-corrected chi connectivity index (χ2v) is 6.23. The van der Waals surface area contributed by atoms with Crippen molar-refractivity contribution in [1.82, 2.24) is 0 Å². The van der Waals surface area contributed by atoms with Gasteiger partial charge in [-0.05, 0) is 44.4 Å². The average Bonchev–Trinajstić information content (AvgIpc) is 2.64. The Labute approximate surface area is 110 Å². The van der Waals surface area contributed by atoms with E-state index in [4.69, 9.17) is 4.74 Å². The Balaban J connectivity index is 2.09. The molecule has 0 saturated heterocycles. The van der Waals surface area contributed by atoms with E-state index in [-0.39, 0.29) is 12.1 Å². The van der Waals surface area contributed by atoms with Crippen LogP contribution in [0.5, 0.6) is 0 Å². The van der Waals surface area contributed by atoms with Crippen LogP contribution in [-0.4, -0.2) is 12.1 Å². The molecular weight excluding hydrogens is 224 g/mol. The van der Waals surface area contributed by atoms with Gasteiger partial charge in [0.1, 0.15) is 6.10 Å². The van der Waals surface area contributed by atoms with Gasteiger partial charge in [0.15, 0.2) is 0 Å². The van der Waals surface area contributed by atoms with E-state index >= 15 is 0 Å². The van der Waals surface area contributed by atoms with Crippen molar-refractivity contribution in [3.05, 3.63) is 23.8 Å². The van der Waals surface area contributed by atoms with Gasteiger partial charge in [0.2, 0.25) is 0 Å². The van der Waals surface area contributed by atoms with Gasteiger partial charge < -0.3 is 4.74 Å². The largest absolute Gasteiger partial charge is 0.458 e. The van der Waals surface area contributed by atoms with Gasteiger partial charge in [0.25, 0.3) is 0 Å². The van der Waals surface area contributed by atoms with Crippen molar-refractivity contribution < 1.29 is 9.53 Å². The lowest BCUT2D eigenvalue weighted by molar-refractivity contribution is -0.149. The predicted molar refractivity (Wildman–Crippen MR) is 73.1 cm³/mol. The van der Waals surface area contributed by atoms with E-state index in [9.17, 15) is 4.79 Å². The summed E-state index contributed by atoms with van der Waals surface area (Å²) in [7, 11) is 0. The standard InChI is InChI=1S/C16H24O2/c1-10(2)15(18-16(17)11(3)4)14-8-12-5-6-13(7-12)9-14/h8,10,13-15H,3,5-7,9H2,1-2,4H3. The topological polar surface area (TPSA) is 26.3 Å². The maximum absolute atomic E-state index is 11.7. The first-order valence-electron chi connectivity index (χ1n) is 7.03. The molecule has 0 radical (unpaired) electrons. The molecule has 1 fully saturated rings. The Kier molecular flexibility index (Phi) is 3.94. The number of rotatable bonds is 4. The van der Waals surface area contributed by atoms with Gasteiger partial charge >= 0.3 is 5.97 Å². The molecular formula is C16H24O2. The number of hydrogen-bond donors (Lipinski definition) is 0. The highest BCUT2D eigenvalue weighted by Gasteiger charge is 2.35. The zero-order valence-electron chi connectivity index (χ0n) is 11.7. The molecule has 18 heavy (non-hydrogen) atoms. The van der Waals surface area contributed by atoms with Crippen LogP contribution in [0.1, 0.15) is 46.5 Å². The minimum atomic E-state index is -0.245. The van der Waals surface area contributed by atoms with Crippen LogP contribution in [0.2, 0.25) is 0 Å². The highest BCUT2D eigenvalue weighted by Crippen LogP contribution is 2.42. The Morgan fingerprint density at radius 3 is 2.78 bits per heavy atom. The highest BCUT2D eigenvalue weighted by molar-refractivity contribution is 5.87. The molecule has 2 bridgehead atoms. The summed E-state index contributed by atoms with van der Waals surface area (Å²) < 4.78 is 5.65. The van der Waals surface area contributed by atoms with E-state index < -0.39 is 0 Å². The van der Waals surface area contributed by atoms with Crippen LogP contribution in [0.15, 0.2) is 23.8 Å². The molecule has 0 aliphatic heterocycles. The summed E-state index contributed by atoms with van der Waals surface area (Å²) >= 11 is 0. The van der Waals surface area contributed by atoms with Gasteiger partial charge in [-0.3, -0.25) is 0 Å². The molecule has 2 rings (SSSR count). The van der Waals surface area contributed by atoms with Crippen molar-refractivity contribution >= 4 is 5.97 Å². The summed E-state index contributed by atoms with van der Waals surface area (Å²) in [5, 5.41) is 0. The lowest BCUT2D eigenvalue weighted by Gasteiger charge is -2.31. The Bertz CT molecular complexity index is 379. The molecule has 0 spiro atoms. The third-order valence-electron chi connectivity index (χ3n) is 4.15. The third kappa shape index (κ3) is 2.85. The summed E-state index contributed by atoms with van der Waals surface area (Å²) in [6.07, 6.45) is 7.40. The Morgan fingerprint density at radius 2 is 2.22 bits per heavy atom. The van der Waals surface area contributed by atoms with Crippen LogP contribution < -0.4 is 0 Å². The van der Waals surface area contributed by atoms with Gasteiger partial charge in [-0.1, -0.05) is 32.1 Å². The van der Waals surface area contributed by atoms with Crippen molar-refractivity contribution in [2.24, 2.45) is 17.8 Å². The monoisotopic (exact) mass is 248 g/mol. The Hall–Kier alpha value is -1.05. The molecule has 0 aromatic rings.